The Kier molecular flexibility index (Phi) is 5.06. The van der Waals surface area contributed by atoms with Gasteiger partial charge in [-0.2, -0.15) is 5.10 Å². The topological polar surface area (TPSA) is 29.9 Å². The minimum atomic E-state index is 0.212. The molecule has 0 saturated heterocycles. The SMILES string of the molecule is CCc1nn(C)c(CC(NC)c2sccc2Cl)c1Br. The van der Waals surface area contributed by atoms with Crippen LogP contribution in [-0.4, -0.2) is 16.8 Å². The third-order valence-corrected chi connectivity index (χ3v) is 5.60. The zero-order chi connectivity index (χ0) is 14.0. The second-order valence-electron chi connectivity index (χ2n) is 4.36. The van der Waals surface area contributed by atoms with Crippen molar-refractivity contribution in [1.82, 2.24) is 15.1 Å². The van der Waals surface area contributed by atoms with E-state index in [2.05, 4.69) is 33.3 Å². The summed E-state index contributed by atoms with van der Waals surface area (Å²) in [5, 5.41) is 10.7. The molecule has 1 unspecified atom stereocenters. The van der Waals surface area contributed by atoms with Crippen molar-refractivity contribution in [2.24, 2.45) is 7.05 Å². The summed E-state index contributed by atoms with van der Waals surface area (Å²) in [6, 6.07) is 2.16. The maximum atomic E-state index is 6.23. The van der Waals surface area contributed by atoms with Gasteiger partial charge in [0.2, 0.25) is 0 Å². The normalized spacial score (nSPS) is 12.9. The molecule has 0 spiro atoms. The van der Waals surface area contributed by atoms with Gasteiger partial charge in [-0.05, 0) is 40.8 Å². The molecule has 19 heavy (non-hydrogen) atoms. The van der Waals surface area contributed by atoms with Crippen molar-refractivity contribution in [2.75, 3.05) is 7.05 Å². The van der Waals surface area contributed by atoms with Gasteiger partial charge in [-0.1, -0.05) is 18.5 Å². The van der Waals surface area contributed by atoms with Crippen LogP contribution in [0.4, 0.5) is 0 Å². The van der Waals surface area contributed by atoms with Gasteiger partial charge in [0.05, 0.1) is 20.9 Å². The van der Waals surface area contributed by atoms with E-state index in [1.54, 1.807) is 11.3 Å². The first-order valence-electron chi connectivity index (χ1n) is 6.18. The quantitative estimate of drug-likeness (QED) is 0.872. The number of thiophene rings is 1. The fourth-order valence-corrected chi connectivity index (χ4v) is 4.19. The lowest BCUT2D eigenvalue weighted by atomic mass is 10.1. The summed E-state index contributed by atoms with van der Waals surface area (Å²) < 4.78 is 3.07. The third-order valence-electron chi connectivity index (χ3n) is 3.21. The highest BCUT2D eigenvalue weighted by atomic mass is 79.9. The minimum Gasteiger partial charge on any atom is -0.312 e. The summed E-state index contributed by atoms with van der Waals surface area (Å²) in [7, 11) is 3.95. The van der Waals surface area contributed by atoms with Crippen LogP contribution in [0.2, 0.25) is 5.02 Å². The summed E-state index contributed by atoms with van der Waals surface area (Å²) in [6.07, 6.45) is 1.79. The molecule has 3 nitrogen and oxygen atoms in total. The second kappa shape index (κ2) is 6.39. The molecule has 0 aliphatic rings. The van der Waals surface area contributed by atoms with Crippen molar-refractivity contribution < 1.29 is 0 Å². The minimum absolute atomic E-state index is 0.212. The van der Waals surface area contributed by atoms with Crippen LogP contribution < -0.4 is 5.32 Å². The van der Waals surface area contributed by atoms with E-state index >= 15 is 0 Å². The van der Waals surface area contributed by atoms with Crippen molar-refractivity contribution in [3.8, 4) is 0 Å². The van der Waals surface area contributed by atoms with Gasteiger partial charge < -0.3 is 5.32 Å². The number of halogens is 2. The average Bonchev–Trinajstić information content (AvgIpc) is 2.93. The van der Waals surface area contributed by atoms with Crippen LogP contribution in [0, 0.1) is 0 Å². The van der Waals surface area contributed by atoms with Crippen molar-refractivity contribution in [2.45, 2.75) is 25.8 Å². The van der Waals surface area contributed by atoms with Gasteiger partial charge in [0.1, 0.15) is 0 Å². The van der Waals surface area contributed by atoms with Crippen LogP contribution in [0.15, 0.2) is 15.9 Å². The fraction of sp³-hybridized carbons (Fsp3) is 0.462. The number of hydrogen-bond acceptors (Lipinski definition) is 3. The highest BCUT2D eigenvalue weighted by Crippen LogP contribution is 2.32. The molecule has 0 bridgehead atoms. The van der Waals surface area contributed by atoms with Gasteiger partial charge in [0, 0.05) is 24.4 Å². The van der Waals surface area contributed by atoms with Gasteiger partial charge in [0.25, 0.3) is 0 Å². The van der Waals surface area contributed by atoms with Crippen molar-refractivity contribution in [3.63, 3.8) is 0 Å². The molecular formula is C13H17BrClN3S. The smallest absolute Gasteiger partial charge is 0.0766 e. The van der Waals surface area contributed by atoms with E-state index in [9.17, 15) is 0 Å². The van der Waals surface area contributed by atoms with E-state index in [1.807, 2.05) is 30.2 Å². The van der Waals surface area contributed by atoms with Gasteiger partial charge in [-0.25, -0.2) is 0 Å². The van der Waals surface area contributed by atoms with E-state index in [0.29, 0.717) is 0 Å². The molecule has 6 heteroatoms. The molecule has 0 aromatic carbocycles. The van der Waals surface area contributed by atoms with Crippen LogP contribution in [0.3, 0.4) is 0 Å². The largest absolute Gasteiger partial charge is 0.312 e. The summed E-state index contributed by atoms with van der Waals surface area (Å²) in [5.74, 6) is 0. The fourth-order valence-electron chi connectivity index (χ4n) is 2.11. The summed E-state index contributed by atoms with van der Waals surface area (Å²) in [6.45, 7) is 2.11. The Hall–Kier alpha value is -0.360. The Morgan fingerprint density at radius 3 is 2.79 bits per heavy atom. The Labute approximate surface area is 131 Å². The molecule has 2 rings (SSSR count). The number of nitrogens with one attached hydrogen (secondary N) is 1. The summed E-state index contributed by atoms with van der Waals surface area (Å²) in [5.41, 5.74) is 2.30. The molecule has 2 aromatic rings. The number of hydrogen-bond donors (Lipinski definition) is 1. The molecule has 0 radical (unpaired) electrons. The molecule has 0 amide bonds. The predicted octanol–water partition coefficient (Wildman–Crippen LogP) is 3.96. The molecule has 1 N–H and O–H groups in total. The second-order valence-corrected chi connectivity index (χ2v) is 6.51. The molecule has 2 heterocycles. The van der Waals surface area contributed by atoms with E-state index in [-0.39, 0.29) is 6.04 Å². The number of aromatic nitrogens is 2. The first kappa shape index (κ1) is 15.0. The number of likely N-dealkylation sites (N-methyl/N-ethyl adjacent to an activating group) is 1. The Morgan fingerprint density at radius 1 is 1.58 bits per heavy atom. The van der Waals surface area contributed by atoms with E-state index < -0.39 is 0 Å². The highest BCUT2D eigenvalue weighted by molar-refractivity contribution is 9.10. The highest BCUT2D eigenvalue weighted by Gasteiger charge is 2.20. The Balaban J connectivity index is 2.29. The van der Waals surface area contributed by atoms with Gasteiger partial charge in [-0.15, -0.1) is 11.3 Å². The predicted molar refractivity (Wildman–Crippen MR) is 85.1 cm³/mol. The zero-order valence-electron chi connectivity index (χ0n) is 11.2. The van der Waals surface area contributed by atoms with Crippen molar-refractivity contribution >= 4 is 38.9 Å². The monoisotopic (exact) mass is 361 g/mol. The van der Waals surface area contributed by atoms with Crippen LogP contribution >= 0.6 is 38.9 Å². The van der Waals surface area contributed by atoms with E-state index in [0.717, 1.165) is 28.0 Å². The van der Waals surface area contributed by atoms with Gasteiger partial charge in [-0.3, -0.25) is 4.68 Å². The lowest BCUT2D eigenvalue weighted by molar-refractivity contribution is 0.568. The first-order chi connectivity index (χ1) is 9.08. The summed E-state index contributed by atoms with van der Waals surface area (Å²) >= 11 is 11.6. The first-order valence-corrected chi connectivity index (χ1v) is 8.23. The number of nitrogens with zero attached hydrogens (tertiary/aromatic N) is 2. The number of rotatable bonds is 5. The van der Waals surface area contributed by atoms with Crippen molar-refractivity contribution in [3.05, 3.63) is 37.2 Å². The average molecular weight is 363 g/mol. The molecular weight excluding hydrogens is 346 g/mol. The molecule has 0 saturated carbocycles. The molecule has 2 aromatic heterocycles. The lowest BCUT2D eigenvalue weighted by Crippen LogP contribution is -2.19. The molecule has 0 aliphatic carbocycles. The Morgan fingerprint density at radius 2 is 2.32 bits per heavy atom. The Bertz CT molecular complexity index is 564. The van der Waals surface area contributed by atoms with Crippen LogP contribution in [0.5, 0.6) is 0 Å². The molecule has 1 atom stereocenters. The molecule has 0 aliphatic heterocycles. The van der Waals surface area contributed by atoms with Crippen molar-refractivity contribution in [1.29, 1.82) is 0 Å². The molecule has 0 fully saturated rings. The van der Waals surface area contributed by atoms with Gasteiger partial charge >= 0.3 is 0 Å². The van der Waals surface area contributed by atoms with Crippen LogP contribution in [0.25, 0.3) is 0 Å². The van der Waals surface area contributed by atoms with E-state index in [1.165, 1.54) is 10.6 Å². The van der Waals surface area contributed by atoms with E-state index in [4.69, 9.17) is 11.6 Å². The van der Waals surface area contributed by atoms with Gasteiger partial charge in [0.15, 0.2) is 0 Å². The maximum Gasteiger partial charge on any atom is 0.0766 e. The standard InChI is InChI=1S/C13H17BrClN3S/c1-4-9-12(14)11(18(3)17-9)7-10(16-2)13-8(15)5-6-19-13/h5-6,10,16H,4,7H2,1-3H3. The summed E-state index contributed by atoms with van der Waals surface area (Å²) in [4.78, 5) is 1.18. The number of aryl methyl sites for hydroxylation is 2. The third kappa shape index (κ3) is 3.05. The molecule has 104 valence electrons. The van der Waals surface area contributed by atoms with Crippen LogP contribution in [-0.2, 0) is 19.9 Å². The zero-order valence-corrected chi connectivity index (χ0v) is 14.4. The maximum absolute atomic E-state index is 6.23. The lowest BCUT2D eigenvalue weighted by Gasteiger charge is -2.15. The van der Waals surface area contributed by atoms with Crippen LogP contribution in [0.1, 0.15) is 29.2 Å².